The number of fused-ring (bicyclic) bond motifs is 1. The highest BCUT2D eigenvalue weighted by Crippen LogP contribution is 2.26. The van der Waals surface area contributed by atoms with Gasteiger partial charge in [-0.15, -0.1) is 11.3 Å². The van der Waals surface area contributed by atoms with Crippen molar-refractivity contribution >= 4 is 48.2 Å². The number of alkyl halides is 1. The zero-order valence-corrected chi connectivity index (χ0v) is 13.8. The molecule has 0 aliphatic rings. The quantitative estimate of drug-likeness (QED) is 0.595. The third-order valence-electron chi connectivity index (χ3n) is 2.69. The van der Waals surface area contributed by atoms with Crippen molar-refractivity contribution in [2.75, 3.05) is 0 Å². The number of aromatic nitrogens is 2. The standard InChI is InChI=1S/C13H10Br2N2OS/c14-6-9-5-10(15)1-2-12(9)18-8-11-7-17-3-4-19-13(17)16-11/h1-5,7H,6,8H2. The van der Waals surface area contributed by atoms with Gasteiger partial charge in [0.05, 0.1) is 5.69 Å². The lowest BCUT2D eigenvalue weighted by molar-refractivity contribution is 0.300. The Morgan fingerprint density at radius 1 is 1.37 bits per heavy atom. The van der Waals surface area contributed by atoms with E-state index < -0.39 is 0 Å². The Hall–Kier alpha value is -0.850. The Balaban J connectivity index is 1.77. The summed E-state index contributed by atoms with van der Waals surface area (Å²) in [6.45, 7) is 0.482. The molecule has 0 radical (unpaired) electrons. The maximum atomic E-state index is 5.85. The molecule has 0 saturated heterocycles. The van der Waals surface area contributed by atoms with Crippen molar-refractivity contribution in [3.63, 3.8) is 0 Å². The summed E-state index contributed by atoms with van der Waals surface area (Å²) in [5, 5.41) is 2.78. The molecule has 0 aliphatic carbocycles. The Morgan fingerprint density at radius 3 is 3.05 bits per heavy atom. The average molecular weight is 402 g/mol. The van der Waals surface area contributed by atoms with Gasteiger partial charge in [0.15, 0.2) is 4.96 Å². The zero-order chi connectivity index (χ0) is 13.2. The monoisotopic (exact) mass is 400 g/mol. The van der Waals surface area contributed by atoms with Gasteiger partial charge in [0.2, 0.25) is 0 Å². The largest absolute Gasteiger partial charge is 0.487 e. The maximum Gasteiger partial charge on any atom is 0.193 e. The number of hydrogen-bond donors (Lipinski definition) is 0. The number of nitrogens with zero attached hydrogens (tertiary/aromatic N) is 2. The molecule has 0 bridgehead atoms. The SMILES string of the molecule is BrCc1cc(Br)ccc1OCc1cn2ccsc2n1. The average Bonchev–Trinajstić information content (AvgIpc) is 2.97. The van der Waals surface area contributed by atoms with E-state index in [1.54, 1.807) is 11.3 Å². The van der Waals surface area contributed by atoms with Gasteiger partial charge in [0, 0.05) is 33.1 Å². The molecule has 0 atom stereocenters. The van der Waals surface area contributed by atoms with Gasteiger partial charge < -0.3 is 4.74 Å². The molecule has 3 rings (SSSR count). The lowest BCUT2D eigenvalue weighted by atomic mass is 10.2. The summed E-state index contributed by atoms with van der Waals surface area (Å²) in [7, 11) is 0. The molecule has 2 heterocycles. The Morgan fingerprint density at radius 2 is 2.26 bits per heavy atom. The molecular weight excluding hydrogens is 392 g/mol. The summed E-state index contributed by atoms with van der Waals surface area (Å²) in [5.41, 5.74) is 2.06. The first-order valence-electron chi connectivity index (χ1n) is 5.64. The normalized spacial score (nSPS) is 11.1. The minimum atomic E-state index is 0.482. The predicted octanol–water partition coefficient (Wildman–Crippen LogP) is 4.63. The van der Waals surface area contributed by atoms with Crippen LogP contribution in [0.5, 0.6) is 5.75 Å². The molecule has 0 spiro atoms. The molecule has 3 aromatic rings. The van der Waals surface area contributed by atoms with Crippen molar-refractivity contribution in [1.29, 1.82) is 0 Å². The first-order chi connectivity index (χ1) is 9.26. The van der Waals surface area contributed by atoms with E-state index in [1.165, 1.54) is 0 Å². The van der Waals surface area contributed by atoms with Crippen LogP contribution in [0.2, 0.25) is 0 Å². The number of imidazole rings is 1. The van der Waals surface area contributed by atoms with Crippen LogP contribution in [0, 0.1) is 0 Å². The molecule has 19 heavy (non-hydrogen) atoms. The van der Waals surface area contributed by atoms with Crippen LogP contribution < -0.4 is 4.74 Å². The van der Waals surface area contributed by atoms with Crippen molar-refractivity contribution in [3.05, 3.63) is 51.7 Å². The summed E-state index contributed by atoms with van der Waals surface area (Å²) in [6, 6.07) is 6.00. The van der Waals surface area contributed by atoms with E-state index in [9.17, 15) is 0 Å². The van der Waals surface area contributed by atoms with Crippen LogP contribution in [-0.2, 0) is 11.9 Å². The van der Waals surface area contributed by atoms with Gasteiger partial charge in [-0.2, -0.15) is 0 Å². The smallest absolute Gasteiger partial charge is 0.193 e. The lowest BCUT2D eigenvalue weighted by Gasteiger charge is -2.09. The topological polar surface area (TPSA) is 26.5 Å². The van der Waals surface area contributed by atoms with Crippen molar-refractivity contribution in [1.82, 2.24) is 9.38 Å². The van der Waals surface area contributed by atoms with E-state index in [1.807, 2.05) is 34.3 Å². The molecule has 0 N–H and O–H groups in total. The van der Waals surface area contributed by atoms with E-state index in [-0.39, 0.29) is 0 Å². The third kappa shape index (κ3) is 2.85. The Labute approximate surface area is 131 Å². The van der Waals surface area contributed by atoms with Crippen molar-refractivity contribution in [2.45, 2.75) is 11.9 Å². The van der Waals surface area contributed by atoms with Crippen LogP contribution in [0.4, 0.5) is 0 Å². The van der Waals surface area contributed by atoms with Gasteiger partial charge in [-0.1, -0.05) is 31.9 Å². The highest BCUT2D eigenvalue weighted by atomic mass is 79.9. The van der Waals surface area contributed by atoms with Crippen molar-refractivity contribution in [2.24, 2.45) is 0 Å². The first-order valence-corrected chi connectivity index (χ1v) is 8.44. The van der Waals surface area contributed by atoms with Gasteiger partial charge in [0.25, 0.3) is 0 Å². The molecule has 0 fully saturated rings. The summed E-state index contributed by atoms with van der Waals surface area (Å²) in [4.78, 5) is 5.49. The number of rotatable bonds is 4. The second-order valence-electron chi connectivity index (χ2n) is 4.00. The molecule has 0 saturated carbocycles. The molecule has 1 aromatic carbocycles. The number of benzene rings is 1. The molecule has 0 amide bonds. The van der Waals surface area contributed by atoms with E-state index in [4.69, 9.17) is 4.74 Å². The maximum absolute atomic E-state index is 5.85. The Kier molecular flexibility index (Phi) is 3.91. The summed E-state index contributed by atoms with van der Waals surface area (Å²) < 4.78 is 8.91. The van der Waals surface area contributed by atoms with Gasteiger partial charge >= 0.3 is 0 Å². The number of hydrogen-bond acceptors (Lipinski definition) is 3. The fourth-order valence-electron chi connectivity index (χ4n) is 1.79. The molecule has 0 aliphatic heterocycles. The van der Waals surface area contributed by atoms with Crippen molar-refractivity contribution in [3.8, 4) is 5.75 Å². The predicted molar refractivity (Wildman–Crippen MR) is 84.2 cm³/mol. The van der Waals surface area contributed by atoms with E-state index in [0.29, 0.717) is 6.61 Å². The highest BCUT2D eigenvalue weighted by Gasteiger charge is 2.06. The van der Waals surface area contributed by atoms with Crippen LogP contribution in [0.15, 0.2) is 40.4 Å². The van der Waals surface area contributed by atoms with Crippen LogP contribution in [0.3, 0.4) is 0 Å². The van der Waals surface area contributed by atoms with E-state index in [2.05, 4.69) is 42.9 Å². The van der Waals surface area contributed by atoms with Gasteiger partial charge in [-0.05, 0) is 18.2 Å². The second kappa shape index (κ2) is 5.64. The molecule has 0 unspecified atom stereocenters. The molecular formula is C13H10Br2N2OS. The van der Waals surface area contributed by atoms with Gasteiger partial charge in [-0.3, -0.25) is 4.40 Å². The minimum absolute atomic E-state index is 0.482. The number of ether oxygens (including phenoxy) is 1. The van der Waals surface area contributed by atoms with Crippen LogP contribution in [0.1, 0.15) is 11.3 Å². The molecule has 6 heteroatoms. The van der Waals surface area contributed by atoms with E-state index in [0.717, 1.165) is 31.8 Å². The zero-order valence-electron chi connectivity index (χ0n) is 9.85. The molecule has 98 valence electrons. The first kappa shape index (κ1) is 13.1. The molecule has 2 aromatic heterocycles. The summed E-state index contributed by atoms with van der Waals surface area (Å²) in [6.07, 6.45) is 4.00. The summed E-state index contributed by atoms with van der Waals surface area (Å²) in [5.74, 6) is 0.886. The van der Waals surface area contributed by atoms with E-state index >= 15 is 0 Å². The Bertz CT molecular complexity index is 679. The van der Waals surface area contributed by atoms with Crippen molar-refractivity contribution < 1.29 is 4.74 Å². The fourth-order valence-corrected chi connectivity index (χ4v) is 3.36. The molecule has 3 nitrogen and oxygen atoms in total. The lowest BCUT2D eigenvalue weighted by Crippen LogP contribution is -1.98. The van der Waals surface area contributed by atoms with Gasteiger partial charge in [-0.25, -0.2) is 4.98 Å². The second-order valence-corrected chi connectivity index (χ2v) is 6.35. The van der Waals surface area contributed by atoms with Crippen LogP contribution >= 0.6 is 43.2 Å². The van der Waals surface area contributed by atoms with Crippen LogP contribution in [-0.4, -0.2) is 9.38 Å². The van der Waals surface area contributed by atoms with Crippen LogP contribution in [0.25, 0.3) is 4.96 Å². The number of thiazole rings is 1. The summed E-state index contributed by atoms with van der Waals surface area (Å²) >= 11 is 8.55. The fraction of sp³-hybridized carbons (Fsp3) is 0.154. The minimum Gasteiger partial charge on any atom is -0.487 e. The third-order valence-corrected chi connectivity index (χ3v) is 4.55. The highest BCUT2D eigenvalue weighted by molar-refractivity contribution is 9.10. The van der Waals surface area contributed by atoms with Gasteiger partial charge in [0.1, 0.15) is 12.4 Å². The number of halogens is 2.